The molecule has 4 nitrogen and oxygen atoms in total. The number of fused-ring (bicyclic) bond motifs is 1. The van der Waals surface area contributed by atoms with Gasteiger partial charge in [0.1, 0.15) is 0 Å². The van der Waals surface area contributed by atoms with Crippen LogP contribution in [0.15, 0.2) is 12.1 Å². The van der Waals surface area contributed by atoms with Gasteiger partial charge in [-0.1, -0.05) is 6.42 Å². The monoisotopic (exact) mass is 295 g/mol. The Bertz CT molecular complexity index is 652. The molecule has 1 fully saturated rings. The van der Waals surface area contributed by atoms with E-state index in [9.17, 15) is 0 Å². The summed E-state index contributed by atoms with van der Waals surface area (Å²) in [6.07, 6.45) is 6.01. The van der Waals surface area contributed by atoms with Gasteiger partial charge in [-0.2, -0.15) is 16.7 Å². The molecule has 2 aromatic heterocycles. The molecule has 1 N–H and O–H groups in total. The van der Waals surface area contributed by atoms with Gasteiger partial charge in [0.25, 0.3) is 0 Å². The van der Waals surface area contributed by atoms with Crippen LogP contribution in [-0.4, -0.2) is 32.6 Å². The maximum atomic E-state index is 5.44. The van der Waals surface area contributed by atoms with E-state index in [1.54, 1.807) is 7.11 Å². The highest BCUT2D eigenvalue weighted by atomic mass is 32.2. The Kier molecular flexibility index (Phi) is 3.30. The maximum absolute atomic E-state index is 5.44. The highest BCUT2D eigenvalue weighted by Crippen LogP contribution is 2.44. The van der Waals surface area contributed by atoms with Crippen molar-refractivity contribution in [3.8, 4) is 5.88 Å². The predicted molar refractivity (Wildman–Crippen MR) is 81.6 cm³/mol. The quantitative estimate of drug-likeness (QED) is 0.878. The molecule has 2 heterocycles. The number of methoxy groups -OCH3 is 1. The summed E-state index contributed by atoms with van der Waals surface area (Å²) in [6.45, 7) is 0.924. The standard InChI is InChI=1S/C13H17N3OS2/c1-17-10-5-4-9-11(15-10)16(12(18)14-9)8-13(19-2)6-3-7-13/h4-5H,3,6-8H2,1-2H3,(H,14,18). The zero-order valence-electron chi connectivity index (χ0n) is 11.1. The first-order chi connectivity index (χ1) is 9.17. The summed E-state index contributed by atoms with van der Waals surface area (Å²) >= 11 is 7.38. The molecule has 2 aromatic rings. The van der Waals surface area contributed by atoms with Crippen molar-refractivity contribution >= 4 is 35.1 Å². The largest absolute Gasteiger partial charge is 0.481 e. The van der Waals surface area contributed by atoms with Crippen molar-refractivity contribution in [2.45, 2.75) is 30.6 Å². The highest BCUT2D eigenvalue weighted by molar-refractivity contribution is 8.00. The normalized spacial score (nSPS) is 17.4. The van der Waals surface area contributed by atoms with Gasteiger partial charge in [-0.25, -0.2) is 0 Å². The van der Waals surface area contributed by atoms with Crippen molar-refractivity contribution in [3.05, 3.63) is 16.9 Å². The highest BCUT2D eigenvalue weighted by Gasteiger charge is 2.37. The van der Waals surface area contributed by atoms with E-state index in [0.717, 1.165) is 22.5 Å². The van der Waals surface area contributed by atoms with Crippen molar-refractivity contribution in [3.63, 3.8) is 0 Å². The van der Waals surface area contributed by atoms with Gasteiger partial charge in [0.2, 0.25) is 5.88 Å². The molecule has 0 spiro atoms. The van der Waals surface area contributed by atoms with Crippen LogP contribution in [0.1, 0.15) is 19.3 Å². The number of nitrogens with zero attached hydrogens (tertiary/aromatic N) is 2. The first-order valence-electron chi connectivity index (χ1n) is 6.36. The fraction of sp³-hybridized carbons (Fsp3) is 0.538. The zero-order chi connectivity index (χ0) is 13.5. The molecular formula is C13H17N3OS2. The van der Waals surface area contributed by atoms with E-state index in [1.165, 1.54) is 19.3 Å². The summed E-state index contributed by atoms with van der Waals surface area (Å²) in [4.78, 5) is 7.75. The molecular weight excluding hydrogens is 278 g/mol. The van der Waals surface area contributed by atoms with Crippen LogP contribution in [0.4, 0.5) is 0 Å². The fourth-order valence-electron chi connectivity index (χ4n) is 2.56. The molecule has 3 rings (SSSR count). The zero-order valence-corrected chi connectivity index (χ0v) is 12.7. The molecule has 0 radical (unpaired) electrons. The summed E-state index contributed by atoms with van der Waals surface area (Å²) in [5.41, 5.74) is 1.87. The van der Waals surface area contributed by atoms with Crippen molar-refractivity contribution in [2.24, 2.45) is 0 Å². The van der Waals surface area contributed by atoms with Gasteiger partial charge in [0.15, 0.2) is 10.4 Å². The third-order valence-electron chi connectivity index (χ3n) is 3.95. The number of ether oxygens (including phenoxy) is 1. The van der Waals surface area contributed by atoms with Crippen LogP contribution in [-0.2, 0) is 6.54 Å². The molecule has 1 aliphatic rings. The smallest absolute Gasteiger partial charge is 0.215 e. The molecule has 0 amide bonds. The van der Waals surface area contributed by atoms with Gasteiger partial charge < -0.3 is 9.72 Å². The van der Waals surface area contributed by atoms with Crippen LogP contribution in [0.25, 0.3) is 11.2 Å². The van der Waals surface area contributed by atoms with E-state index >= 15 is 0 Å². The lowest BCUT2D eigenvalue weighted by atomic mass is 9.84. The van der Waals surface area contributed by atoms with Crippen LogP contribution >= 0.6 is 24.0 Å². The van der Waals surface area contributed by atoms with Crippen molar-refractivity contribution in [1.29, 1.82) is 0 Å². The second-order valence-electron chi connectivity index (χ2n) is 4.98. The number of imidazole rings is 1. The second-order valence-corrected chi connectivity index (χ2v) is 6.64. The van der Waals surface area contributed by atoms with Crippen LogP contribution in [0.2, 0.25) is 0 Å². The van der Waals surface area contributed by atoms with E-state index < -0.39 is 0 Å². The molecule has 102 valence electrons. The molecule has 0 aliphatic heterocycles. The second kappa shape index (κ2) is 4.83. The average Bonchev–Trinajstić information content (AvgIpc) is 2.69. The van der Waals surface area contributed by atoms with E-state index in [4.69, 9.17) is 17.0 Å². The number of hydrogen-bond donors (Lipinski definition) is 1. The number of aromatic nitrogens is 3. The Hall–Kier alpha value is -1.01. The fourth-order valence-corrected chi connectivity index (χ4v) is 3.78. The van der Waals surface area contributed by atoms with Gasteiger partial charge >= 0.3 is 0 Å². The van der Waals surface area contributed by atoms with Crippen LogP contribution in [0.3, 0.4) is 0 Å². The van der Waals surface area contributed by atoms with Gasteiger partial charge in [-0.3, -0.25) is 4.57 Å². The lowest BCUT2D eigenvalue weighted by Gasteiger charge is -2.40. The van der Waals surface area contributed by atoms with E-state index in [2.05, 4.69) is 20.8 Å². The summed E-state index contributed by atoms with van der Waals surface area (Å²) in [7, 11) is 1.63. The summed E-state index contributed by atoms with van der Waals surface area (Å²) < 4.78 is 8.40. The molecule has 1 saturated carbocycles. The van der Waals surface area contributed by atoms with Crippen molar-refractivity contribution < 1.29 is 4.74 Å². The first kappa shape index (κ1) is 13.0. The Morgan fingerprint density at radius 2 is 2.32 bits per heavy atom. The molecule has 0 bridgehead atoms. The van der Waals surface area contributed by atoms with Crippen molar-refractivity contribution in [2.75, 3.05) is 13.4 Å². The number of thioether (sulfide) groups is 1. The topological polar surface area (TPSA) is 42.8 Å². The first-order valence-corrected chi connectivity index (χ1v) is 7.99. The summed E-state index contributed by atoms with van der Waals surface area (Å²) in [5.74, 6) is 0.627. The number of aromatic amines is 1. The number of nitrogens with one attached hydrogen (secondary N) is 1. The molecule has 0 saturated heterocycles. The number of H-pyrrole nitrogens is 1. The number of hydrogen-bond acceptors (Lipinski definition) is 4. The third-order valence-corrected chi connectivity index (χ3v) is 5.67. The van der Waals surface area contributed by atoms with Crippen molar-refractivity contribution in [1.82, 2.24) is 14.5 Å². The molecule has 1 aliphatic carbocycles. The predicted octanol–water partition coefficient (Wildman–Crippen LogP) is 3.39. The summed E-state index contributed by atoms with van der Waals surface area (Å²) in [5, 5.41) is 0. The minimum absolute atomic E-state index is 0.331. The minimum Gasteiger partial charge on any atom is -0.481 e. The van der Waals surface area contributed by atoms with E-state index in [-0.39, 0.29) is 0 Å². The number of pyridine rings is 1. The molecule has 0 aromatic carbocycles. The number of rotatable bonds is 4. The van der Waals surface area contributed by atoms with E-state index in [1.807, 2.05) is 23.9 Å². The minimum atomic E-state index is 0.331. The van der Waals surface area contributed by atoms with Crippen LogP contribution in [0.5, 0.6) is 5.88 Å². The Morgan fingerprint density at radius 1 is 1.53 bits per heavy atom. The van der Waals surface area contributed by atoms with Crippen LogP contribution < -0.4 is 4.74 Å². The molecule has 19 heavy (non-hydrogen) atoms. The lowest BCUT2D eigenvalue weighted by molar-refractivity contribution is 0.322. The lowest BCUT2D eigenvalue weighted by Crippen LogP contribution is -2.37. The maximum Gasteiger partial charge on any atom is 0.215 e. The Labute approximate surface area is 121 Å². The van der Waals surface area contributed by atoms with Gasteiger partial charge in [-0.15, -0.1) is 0 Å². The molecule has 0 unspecified atom stereocenters. The SMILES string of the molecule is COc1ccc2[nH]c(=S)n(CC3(SC)CCC3)c2n1. The van der Waals surface area contributed by atoms with Gasteiger partial charge in [-0.05, 0) is 37.4 Å². The van der Waals surface area contributed by atoms with E-state index in [0.29, 0.717) is 10.6 Å². The molecule has 6 heteroatoms. The summed E-state index contributed by atoms with van der Waals surface area (Å²) in [6, 6.07) is 3.83. The Morgan fingerprint density at radius 3 is 2.89 bits per heavy atom. The van der Waals surface area contributed by atoms with Crippen LogP contribution in [0, 0.1) is 4.77 Å². The van der Waals surface area contributed by atoms with Gasteiger partial charge in [0, 0.05) is 17.4 Å². The van der Waals surface area contributed by atoms with Gasteiger partial charge in [0.05, 0.1) is 12.6 Å². The third kappa shape index (κ3) is 2.17. The molecule has 0 atom stereocenters. The Balaban J connectivity index is 2.06. The average molecular weight is 295 g/mol.